The molecule has 1 heterocycles. The van der Waals surface area contributed by atoms with Crippen molar-refractivity contribution in [2.24, 2.45) is 5.92 Å². The summed E-state index contributed by atoms with van der Waals surface area (Å²) in [4.78, 5) is 47.4. The average Bonchev–Trinajstić information content (AvgIpc) is 3.10. The maximum Gasteiger partial charge on any atom is 0.340 e. The lowest BCUT2D eigenvalue weighted by atomic mass is 9.99. The van der Waals surface area contributed by atoms with E-state index in [1.807, 2.05) is 36.4 Å². The number of thioether (sulfide) groups is 1. The van der Waals surface area contributed by atoms with Gasteiger partial charge >= 0.3 is 17.9 Å². The van der Waals surface area contributed by atoms with Crippen LogP contribution in [0.1, 0.15) is 39.8 Å². The molecule has 0 aromatic heterocycles. The van der Waals surface area contributed by atoms with Crippen molar-refractivity contribution in [2.45, 2.75) is 30.7 Å². The van der Waals surface area contributed by atoms with Gasteiger partial charge in [0.25, 0.3) is 0 Å². The first-order valence-corrected chi connectivity index (χ1v) is 11.1. The third kappa shape index (κ3) is 6.10. The molecule has 0 radical (unpaired) electrons. The highest BCUT2D eigenvalue weighted by molar-refractivity contribution is 7.99. The molecule has 3 atom stereocenters. The Bertz CT molecular complexity index is 995. The molecule has 1 aliphatic rings. The van der Waals surface area contributed by atoms with Crippen LogP contribution in [0.2, 0.25) is 0 Å². The van der Waals surface area contributed by atoms with E-state index in [0.29, 0.717) is 12.0 Å². The molecule has 32 heavy (non-hydrogen) atoms. The highest BCUT2D eigenvalue weighted by Crippen LogP contribution is 2.39. The van der Waals surface area contributed by atoms with Crippen molar-refractivity contribution in [1.29, 1.82) is 0 Å². The summed E-state index contributed by atoms with van der Waals surface area (Å²) in [5.74, 6) is -3.66. The van der Waals surface area contributed by atoms with Crippen LogP contribution in [0.5, 0.6) is 0 Å². The first-order valence-electron chi connectivity index (χ1n) is 10.1. The number of carbonyl (C=O) groups is 4. The topological polar surface area (TPSA) is 130 Å². The van der Waals surface area contributed by atoms with Crippen molar-refractivity contribution in [3.63, 3.8) is 0 Å². The molecule has 2 aromatic rings. The highest BCUT2D eigenvalue weighted by Gasteiger charge is 2.33. The van der Waals surface area contributed by atoms with E-state index in [1.54, 1.807) is 18.2 Å². The molecule has 2 unspecified atom stereocenters. The van der Waals surface area contributed by atoms with Crippen molar-refractivity contribution in [1.82, 2.24) is 5.32 Å². The van der Waals surface area contributed by atoms with Crippen LogP contribution < -0.4 is 5.32 Å². The first-order chi connectivity index (χ1) is 15.3. The highest BCUT2D eigenvalue weighted by atomic mass is 32.2. The van der Waals surface area contributed by atoms with E-state index >= 15 is 0 Å². The zero-order valence-corrected chi connectivity index (χ0v) is 17.9. The molecule has 1 amide bonds. The number of carboxylic acids is 2. The van der Waals surface area contributed by atoms with Crippen LogP contribution >= 0.6 is 11.8 Å². The quantitative estimate of drug-likeness (QED) is 0.439. The normalized spacial score (nSPS) is 16.5. The summed E-state index contributed by atoms with van der Waals surface area (Å²) in [6, 6.07) is 15.0. The number of rotatable bonds is 11. The minimum Gasteiger partial charge on any atom is -0.481 e. The average molecular weight is 458 g/mol. The van der Waals surface area contributed by atoms with Crippen molar-refractivity contribution in [3.05, 3.63) is 71.3 Å². The number of nitrogens with one attached hydrogen (secondary N) is 1. The smallest absolute Gasteiger partial charge is 0.340 e. The van der Waals surface area contributed by atoms with Crippen LogP contribution in [0, 0.1) is 5.92 Å². The molecule has 0 spiro atoms. The molecule has 8 nitrogen and oxygen atoms in total. The number of carboxylic acid groups (broad SMARTS) is 2. The Balaban J connectivity index is 1.72. The Labute approximate surface area is 189 Å². The largest absolute Gasteiger partial charge is 0.481 e. The van der Waals surface area contributed by atoms with E-state index in [1.165, 1.54) is 11.8 Å². The maximum atomic E-state index is 13.0. The van der Waals surface area contributed by atoms with Crippen LogP contribution in [-0.2, 0) is 25.5 Å². The molecule has 1 aliphatic heterocycles. The van der Waals surface area contributed by atoms with Crippen LogP contribution in [0.3, 0.4) is 0 Å². The molecule has 2 aromatic carbocycles. The van der Waals surface area contributed by atoms with E-state index < -0.39 is 41.2 Å². The third-order valence-electron chi connectivity index (χ3n) is 5.05. The Hall–Kier alpha value is -3.33. The van der Waals surface area contributed by atoms with Gasteiger partial charge in [-0.3, -0.25) is 9.59 Å². The predicted octanol–water partition coefficient (Wildman–Crippen LogP) is 2.88. The molecule has 0 bridgehead atoms. The SMILES string of the molecule is O=C(O)CC[C@H](NC(=O)C(CSC1OC(=O)c2ccccc21)Cc1ccccc1)C(=O)O. The number of esters is 1. The first kappa shape index (κ1) is 23.3. The number of cyclic esters (lactones) is 1. The van der Waals surface area contributed by atoms with E-state index in [4.69, 9.17) is 9.84 Å². The minimum absolute atomic E-state index is 0.213. The van der Waals surface area contributed by atoms with Gasteiger partial charge in [0, 0.05) is 17.7 Å². The lowest BCUT2D eigenvalue weighted by Crippen LogP contribution is -2.45. The van der Waals surface area contributed by atoms with Crippen molar-refractivity contribution in [3.8, 4) is 0 Å². The van der Waals surface area contributed by atoms with Crippen LogP contribution in [0.15, 0.2) is 54.6 Å². The zero-order chi connectivity index (χ0) is 23.1. The number of carbonyl (C=O) groups excluding carboxylic acids is 2. The molecular formula is C23H23NO7S. The van der Waals surface area contributed by atoms with Crippen molar-refractivity contribution < 1.29 is 34.1 Å². The van der Waals surface area contributed by atoms with E-state index in [-0.39, 0.29) is 18.6 Å². The van der Waals surface area contributed by atoms with Gasteiger partial charge in [-0.15, -0.1) is 11.8 Å². The van der Waals surface area contributed by atoms with Gasteiger partial charge in [0.05, 0.1) is 11.5 Å². The van der Waals surface area contributed by atoms with Gasteiger partial charge < -0.3 is 20.3 Å². The second-order valence-corrected chi connectivity index (χ2v) is 8.47. The van der Waals surface area contributed by atoms with Crippen molar-refractivity contribution >= 4 is 35.6 Å². The molecule has 168 valence electrons. The molecule has 0 saturated heterocycles. The number of hydrogen-bond donors (Lipinski definition) is 3. The summed E-state index contributed by atoms with van der Waals surface area (Å²) in [5, 5.41) is 20.7. The second kappa shape index (κ2) is 10.8. The second-order valence-electron chi connectivity index (χ2n) is 7.38. The monoisotopic (exact) mass is 457 g/mol. The molecule has 0 fully saturated rings. The zero-order valence-electron chi connectivity index (χ0n) is 17.1. The lowest BCUT2D eigenvalue weighted by Gasteiger charge is -2.21. The summed E-state index contributed by atoms with van der Waals surface area (Å²) < 4.78 is 5.43. The summed E-state index contributed by atoms with van der Waals surface area (Å²) in [6.45, 7) is 0. The van der Waals surface area contributed by atoms with Crippen LogP contribution in [0.25, 0.3) is 0 Å². The predicted molar refractivity (Wildman–Crippen MR) is 117 cm³/mol. The maximum absolute atomic E-state index is 13.0. The van der Waals surface area contributed by atoms with Gasteiger partial charge in [0.2, 0.25) is 5.91 Å². The van der Waals surface area contributed by atoms with E-state index in [2.05, 4.69) is 5.32 Å². The molecule has 3 N–H and O–H groups in total. The molecule has 0 aliphatic carbocycles. The fraction of sp³-hybridized carbons (Fsp3) is 0.304. The van der Waals surface area contributed by atoms with Crippen molar-refractivity contribution in [2.75, 3.05) is 5.75 Å². The Kier molecular flexibility index (Phi) is 7.88. The molecule has 3 rings (SSSR count). The lowest BCUT2D eigenvalue weighted by molar-refractivity contribution is -0.143. The Morgan fingerprint density at radius 2 is 1.72 bits per heavy atom. The summed E-state index contributed by atoms with van der Waals surface area (Å²) >= 11 is 1.29. The Morgan fingerprint density at radius 1 is 1.03 bits per heavy atom. The molecule has 9 heteroatoms. The number of hydrogen-bond acceptors (Lipinski definition) is 6. The van der Waals surface area contributed by atoms with Gasteiger partial charge in [-0.2, -0.15) is 0 Å². The van der Waals surface area contributed by atoms with E-state index in [0.717, 1.165) is 11.1 Å². The van der Waals surface area contributed by atoms with Gasteiger partial charge in [0.15, 0.2) is 5.44 Å². The molecular weight excluding hydrogens is 434 g/mol. The van der Waals surface area contributed by atoms with Crippen LogP contribution in [0.4, 0.5) is 0 Å². The van der Waals surface area contributed by atoms with Gasteiger partial charge in [-0.05, 0) is 24.5 Å². The fourth-order valence-corrected chi connectivity index (χ4v) is 4.60. The summed E-state index contributed by atoms with van der Waals surface area (Å²) in [7, 11) is 0. The number of fused-ring (bicyclic) bond motifs is 1. The van der Waals surface area contributed by atoms with Gasteiger partial charge in [0.1, 0.15) is 6.04 Å². The number of amides is 1. The summed E-state index contributed by atoms with van der Waals surface area (Å²) in [5.41, 5.74) is 1.58. The fourth-order valence-electron chi connectivity index (χ4n) is 3.38. The number of benzene rings is 2. The Morgan fingerprint density at radius 3 is 2.41 bits per heavy atom. The minimum atomic E-state index is -1.30. The standard InChI is InChI=1S/C23H23NO7S/c25-19(26)11-10-18(21(28)29)24-20(27)15(12-14-6-2-1-3-7-14)13-32-23-17-9-5-4-8-16(17)22(30)31-23/h1-9,15,18,23H,10-13H2,(H,24,27)(H,25,26)(H,28,29)/t15?,18-,23?/m0/s1. The van der Waals surface area contributed by atoms with Gasteiger partial charge in [-0.25, -0.2) is 9.59 Å². The third-order valence-corrected chi connectivity index (χ3v) is 6.30. The van der Waals surface area contributed by atoms with Gasteiger partial charge in [-0.1, -0.05) is 48.5 Å². The van der Waals surface area contributed by atoms with Crippen LogP contribution in [-0.4, -0.2) is 45.8 Å². The molecule has 0 saturated carbocycles. The van der Waals surface area contributed by atoms with E-state index in [9.17, 15) is 24.3 Å². The number of ether oxygens (including phenoxy) is 1. The summed E-state index contributed by atoms with van der Waals surface area (Å²) in [6.07, 6.45) is -0.230. The number of aliphatic carboxylic acids is 2.